The van der Waals surface area contributed by atoms with Crippen molar-refractivity contribution >= 4 is 5.97 Å². The molecule has 0 aromatic rings. The average Bonchev–Trinajstić information content (AvgIpc) is 1.98. The molecule has 0 aliphatic rings. The van der Waals surface area contributed by atoms with E-state index in [-0.39, 0.29) is 25.0 Å². The Balaban J connectivity index is 3.37. The van der Waals surface area contributed by atoms with Gasteiger partial charge in [-0.15, -0.1) is 0 Å². The maximum Gasteiger partial charge on any atom is 0.305 e. The van der Waals surface area contributed by atoms with E-state index in [0.717, 1.165) is 0 Å². The first-order chi connectivity index (χ1) is 5.48. The molecule has 72 valence electrons. The van der Waals surface area contributed by atoms with Gasteiger partial charge in [-0.05, 0) is 0 Å². The molecule has 0 bridgehead atoms. The van der Waals surface area contributed by atoms with Crippen LogP contribution in [0.1, 0.15) is 20.3 Å². The van der Waals surface area contributed by atoms with Crippen molar-refractivity contribution in [1.82, 2.24) is 0 Å². The lowest BCUT2D eigenvalue weighted by Gasteiger charge is -2.20. The van der Waals surface area contributed by atoms with E-state index in [4.69, 9.17) is 14.9 Å². The molecular formula is C8H16O4. The largest absolute Gasteiger partial charge is 0.481 e. The number of hydrogen-bond acceptors (Lipinski definition) is 3. The Morgan fingerprint density at radius 2 is 2.08 bits per heavy atom. The van der Waals surface area contributed by atoms with E-state index >= 15 is 0 Å². The average molecular weight is 176 g/mol. The highest BCUT2D eigenvalue weighted by Gasteiger charge is 2.16. The summed E-state index contributed by atoms with van der Waals surface area (Å²) in [6, 6.07) is 0. The van der Waals surface area contributed by atoms with Crippen LogP contribution in [-0.4, -0.2) is 36.0 Å². The summed E-state index contributed by atoms with van der Waals surface area (Å²) in [6.45, 7) is 4.34. The van der Waals surface area contributed by atoms with Gasteiger partial charge in [-0.25, -0.2) is 0 Å². The number of aliphatic hydroxyl groups is 1. The molecule has 0 heterocycles. The van der Waals surface area contributed by atoms with Gasteiger partial charge in [0.05, 0.1) is 26.2 Å². The number of ether oxygens (including phenoxy) is 1. The third-order valence-electron chi connectivity index (χ3n) is 1.38. The van der Waals surface area contributed by atoms with E-state index in [2.05, 4.69) is 0 Å². The highest BCUT2D eigenvalue weighted by Crippen LogP contribution is 2.13. The molecular weight excluding hydrogens is 160 g/mol. The lowest BCUT2D eigenvalue weighted by molar-refractivity contribution is -0.138. The summed E-state index contributed by atoms with van der Waals surface area (Å²) in [6.07, 6.45) is 0.0154. The number of aliphatic hydroxyl groups excluding tert-OH is 1. The molecule has 0 radical (unpaired) electrons. The van der Waals surface area contributed by atoms with Crippen LogP contribution in [0.3, 0.4) is 0 Å². The highest BCUT2D eigenvalue weighted by molar-refractivity contribution is 5.66. The third-order valence-corrected chi connectivity index (χ3v) is 1.38. The lowest BCUT2D eigenvalue weighted by Crippen LogP contribution is -2.24. The van der Waals surface area contributed by atoms with E-state index in [1.807, 2.05) is 13.8 Å². The minimum atomic E-state index is -0.864. The molecule has 4 heteroatoms. The molecule has 2 N–H and O–H groups in total. The molecule has 0 atom stereocenters. The van der Waals surface area contributed by atoms with Gasteiger partial charge in [0, 0.05) is 5.41 Å². The predicted octanol–water partition coefficient (Wildman–Crippen LogP) is 0.496. The zero-order chi connectivity index (χ0) is 9.61. The van der Waals surface area contributed by atoms with Gasteiger partial charge in [-0.3, -0.25) is 4.79 Å². The fourth-order valence-electron chi connectivity index (χ4n) is 0.554. The topological polar surface area (TPSA) is 66.8 Å². The smallest absolute Gasteiger partial charge is 0.305 e. The quantitative estimate of drug-likeness (QED) is 0.578. The second-order valence-corrected chi connectivity index (χ2v) is 3.52. The van der Waals surface area contributed by atoms with Gasteiger partial charge >= 0.3 is 5.97 Å². The number of rotatable bonds is 6. The minimum absolute atomic E-state index is 0.0154. The fraction of sp³-hybridized carbons (Fsp3) is 0.875. The van der Waals surface area contributed by atoms with Crippen molar-refractivity contribution in [2.24, 2.45) is 5.41 Å². The van der Waals surface area contributed by atoms with Crippen LogP contribution < -0.4 is 0 Å². The fourth-order valence-corrected chi connectivity index (χ4v) is 0.554. The van der Waals surface area contributed by atoms with Crippen LogP contribution in [0.5, 0.6) is 0 Å². The van der Waals surface area contributed by atoms with Crippen molar-refractivity contribution in [3.8, 4) is 0 Å². The molecule has 12 heavy (non-hydrogen) atoms. The summed E-state index contributed by atoms with van der Waals surface area (Å²) < 4.78 is 5.06. The van der Waals surface area contributed by atoms with Gasteiger partial charge in [0.15, 0.2) is 0 Å². The Kier molecular flexibility index (Phi) is 4.85. The zero-order valence-electron chi connectivity index (χ0n) is 7.54. The highest BCUT2D eigenvalue weighted by atomic mass is 16.5. The molecule has 0 fully saturated rings. The summed E-state index contributed by atoms with van der Waals surface area (Å²) in [5.74, 6) is -0.864. The number of aliphatic carboxylic acids is 1. The molecule has 0 unspecified atom stereocenters. The van der Waals surface area contributed by atoms with Crippen LogP contribution in [0.25, 0.3) is 0 Å². The molecule has 0 rings (SSSR count). The Labute approximate surface area is 72.2 Å². The van der Waals surface area contributed by atoms with Crippen LogP contribution in [-0.2, 0) is 9.53 Å². The first kappa shape index (κ1) is 11.4. The van der Waals surface area contributed by atoms with E-state index in [1.165, 1.54) is 0 Å². The molecule has 0 aliphatic carbocycles. The van der Waals surface area contributed by atoms with Gasteiger partial charge in [-0.2, -0.15) is 0 Å². The van der Waals surface area contributed by atoms with Crippen LogP contribution >= 0.6 is 0 Å². The molecule has 0 aromatic carbocycles. The Morgan fingerprint density at radius 3 is 2.50 bits per heavy atom. The summed E-state index contributed by atoms with van der Waals surface area (Å²) in [7, 11) is 0. The van der Waals surface area contributed by atoms with Gasteiger partial charge in [0.1, 0.15) is 0 Å². The second-order valence-electron chi connectivity index (χ2n) is 3.52. The van der Waals surface area contributed by atoms with Crippen molar-refractivity contribution in [3.63, 3.8) is 0 Å². The van der Waals surface area contributed by atoms with Crippen LogP contribution in [0.15, 0.2) is 0 Å². The first-order valence-corrected chi connectivity index (χ1v) is 3.88. The molecule has 0 saturated carbocycles. The van der Waals surface area contributed by atoms with Crippen molar-refractivity contribution in [2.45, 2.75) is 20.3 Å². The number of carbonyl (C=O) groups is 1. The Hall–Kier alpha value is -0.610. The first-order valence-electron chi connectivity index (χ1n) is 3.88. The molecule has 4 nitrogen and oxygen atoms in total. The molecule has 0 aliphatic heterocycles. The summed E-state index contributed by atoms with van der Waals surface area (Å²) in [5.41, 5.74) is -0.279. The van der Waals surface area contributed by atoms with Crippen molar-refractivity contribution < 1.29 is 19.7 Å². The summed E-state index contributed by atoms with van der Waals surface area (Å²) in [5, 5.41) is 17.1. The lowest BCUT2D eigenvalue weighted by atomic mass is 9.97. The summed E-state index contributed by atoms with van der Waals surface area (Å²) in [4.78, 5) is 10.1. The van der Waals surface area contributed by atoms with Crippen LogP contribution in [0.2, 0.25) is 0 Å². The van der Waals surface area contributed by atoms with Crippen LogP contribution in [0, 0.1) is 5.41 Å². The number of carboxylic acid groups (broad SMARTS) is 1. The monoisotopic (exact) mass is 176 g/mol. The predicted molar refractivity (Wildman–Crippen MR) is 43.9 cm³/mol. The minimum Gasteiger partial charge on any atom is -0.481 e. The number of carboxylic acids is 1. The maximum absolute atomic E-state index is 10.1. The molecule has 0 spiro atoms. The standard InChI is InChI=1S/C8H16O4/c1-8(2,5-9)6-12-4-3-7(10)11/h9H,3-6H2,1-2H3,(H,10,11). The summed E-state index contributed by atoms with van der Waals surface area (Å²) >= 11 is 0. The van der Waals surface area contributed by atoms with E-state index in [9.17, 15) is 4.79 Å². The van der Waals surface area contributed by atoms with Crippen molar-refractivity contribution in [3.05, 3.63) is 0 Å². The van der Waals surface area contributed by atoms with Gasteiger partial charge in [0.25, 0.3) is 0 Å². The van der Waals surface area contributed by atoms with Crippen LogP contribution in [0.4, 0.5) is 0 Å². The number of hydrogen-bond donors (Lipinski definition) is 2. The van der Waals surface area contributed by atoms with E-state index in [1.54, 1.807) is 0 Å². The second kappa shape index (κ2) is 5.11. The molecule has 0 saturated heterocycles. The Bertz CT molecular complexity index is 142. The Morgan fingerprint density at radius 1 is 1.50 bits per heavy atom. The van der Waals surface area contributed by atoms with Gasteiger partial charge < -0.3 is 14.9 Å². The van der Waals surface area contributed by atoms with Gasteiger partial charge in [-0.1, -0.05) is 13.8 Å². The molecule has 0 aromatic heterocycles. The van der Waals surface area contributed by atoms with Gasteiger partial charge in [0.2, 0.25) is 0 Å². The maximum atomic E-state index is 10.1. The zero-order valence-corrected chi connectivity index (χ0v) is 7.54. The normalized spacial score (nSPS) is 11.6. The van der Waals surface area contributed by atoms with E-state index in [0.29, 0.717) is 6.61 Å². The van der Waals surface area contributed by atoms with E-state index < -0.39 is 5.97 Å². The SMILES string of the molecule is CC(C)(CO)COCCC(=O)O. The van der Waals surface area contributed by atoms with Crippen molar-refractivity contribution in [1.29, 1.82) is 0 Å². The van der Waals surface area contributed by atoms with Crippen molar-refractivity contribution in [2.75, 3.05) is 19.8 Å². The third kappa shape index (κ3) is 6.12. The molecule has 0 amide bonds.